The number of nitrogens with zero attached hydrogens (tertiary/aromatic N) is 2. The highest BCUT2D eigenvalue weighted by Crippen LogP contribution is 2.19. The Morgan fingerprint density at radius 2 is 2.29 bits per heavy atom. The third-order valence-corrected chi connectivity index (χ3v) is 1.92. The predicted molar refractivity (Wildman–Crippen MR) is 55.8 cm³/mol. The molecule has 2 rings (SSSR count). The van der Waals surface area contributed by atoms with Crippen LogP contribution in [0.15, 0.2) is 24.4 Å². The van der Waals surface area contributed by atoms with E-state index in [9.17, 15) is 0 Å². The number of H-pyrrole nitrogens is 1. The van der Waals surface area contributed by atoms with E-state index in [4.69, 9.17) is 5.73 Å². The largest absolute Gasteiger partial charge is 0.382 e. The molecule has 0 radical (unpaired) electrons. The first kappa shape index (κ1) is 8.55. The number of nitrogens with one attached hydrogen (secondary N) is 2. The summed E-state index contributed by atoms with van der Waals surface area (Å²) in [5, 5.41) is 9.67. The number of anilines is 2. The number of nitrogen functional groups attached to an aromatic ring is 1. The Balaban J connectivity index is 2.41. The molecule has 0 aromatic carbocycles. The van der Waals surface area contributed by atoms with E-state index in [1.807, 2.05) is 19.2 Å². The molecule has 0 aliphatic carbocycles. The third-order valence-electron chi connectivity index (χ3n) is 1.92. The van der Waals surface area contributed by atoms with Gasteiger partial charge < -0.3 is 11.1 Å². The lowest BCUT2D eigenvalue weighted by atomic mass is 10.2. The first-order chi connectivity index (χ1) is 6.79. The molecule has 72 valence electrons. The van der Waals surface area contributed by atoms with Gasteiger partial charge in [0.15, 0.2) is 0 Å². The minimum absolute atomic E-state index is 0.489. The monoisotopic (exact) mass is 189 g/mol. The lowest BCUT2D eigenvalue weighted by molar-refractivity contribution is 1.10. The molecule has 0 saturated carbocycles. The molecular weight excluding hydrogens is 178 g/mol. The van der Waals surface area contributed by atoms with Crippen LogP contribution in [0.4, 0.5) is 11.6 Å². The topological polar surface area (TPSA) is 79.6 Å². The maximum Gasteiger partial charge on any atom is 0.145 e. The third kappa shape index (κ3) is 1.52. The van der Waals surface area contributed by atoms with Crippen LogP contribution in [0, 0.1) is 0 Å². The van der Waals surface area contributed by atoms with Crippen LogP contribution in [0.5, 0.6) is 0 Å². The smallest absolute Gasteiger partial charge is 0.145 e. The Hall–Kier alpha value is -2.04. The minimum atomic E-state index is 0.489. The van der Waals surface area contributed by atoms with Crippen LogP contribution in [-0.2, 0) is 0 Å². The number of nitrogens with two attached hydrogens (primary N) is 1. The number of aromatic nitrogens is 3. The number of aromatic amines is 1. The van der Waals surface area contributed by atoms with Crippen molar-refractivity contribution in [2.24, 2.45) is 0 Å². The summed E-state index contributed by atoms with van der Waals surface area (Å²) < 4.78 is 0. The van der Waals surface area contributed by atoms with Gasteiger partial charge in [0, 0.05) is 24.9 Å². The van der Waals surface area contributed by atoms with E-state index in [2.05, 4.69) is 20.5 Å². The molecule has 0 atom stereocenters. The molecule has 0 spiro atoms. The van der Waals surface area contributed by atoms with Gasteiger partial charge in [0.25, 0.3) is 0 Å². The number of hydrogen-bond acceptors (Lipinski definition) is 4. The highest BCUT2D eigenvalue weighted by molar-refractivity contribution is 5.64. The highest BCUT2D eigenvalue weighted by atomic mass is 15.2. The summed E-state index contributed by atoms with van der Waals surface area (Å²) in [5.41, 5.74) is 7.41. The lowest BCUT2D eigenvalue weighted by Gasteiger charge is -2.00. The standard InChI is InChI=1S/C9H11N5/c1-11-9-4-6(2-3-12-9)7-5-8(10)14-13-7/h2-5H,1H3,(H,11,12)(H3,10,13,14). The zero-order valence-corrected chi connectivity index (χ0v) is 7.78. The summed E-state index contributed by atoms with van der Waals surface area (Å²) in [6, 6.07) is 5.61. The highest BCUT2D eigenvalue weighted by Gasteiger charge is 2.01. The molecule has 0 aliphatic rings. The average molecular weight is 189 g/mol. The second-order valence-electron chi connectivity index (χ2n) is 2.89. The first-order valence-corrected chi connectivity index (χ1v) is 4.24. The maximum atomic E-state index is 5.51. The molecule has 14 heavy (non-hydrogen) atoms. The van der Waals surface area contributed by atoms with Crippen molar-refractivity contribution in [3.63, 3.8) is 0 Å². The average Bonchev–Trinajstić information content (AvgIpc) is 2.65. The molecule has 0 unspecified atom stereocenters. The van der Waals surface area contributed by atoms with Gasteiger partial charge >= 0.3 is 0 Å². The summed E-state index contributed by atoms with van der Waals surface area (Å²) in [6.45, 7) is 0. The van der Waals surface area contributed by atoms with Crippen LogP contribution >= 0.6 is 0 Å². The van der Waals surface area contributed by atoms with Gasteiger partial charge in [-0.25, -0.2) is 4.98 Å². The Labute approximate surface area is 81.4 Å². The molecule has 2 aromatic heterocycles. The molecular formula is C9H11N5. The Morgan fingerprint density at radius 1 is 1.43 bits per heavy atom. The van der Waals surface area contributed by atoms with E-state index in [0.29, 0.717) is 5.82 Å². The predicted octanol–water partition coefficient (Wildman–Crippen LogP) is 1.10. The van der Waals surface area contributed by atoms with Crippen molar-refractivity contribution >= 4 is 11.6 Å². The van der Waals surface area contributed by atoms with Crippen LogP contribution in [-0.4, -0.2) is 22.2 Å². The molecule has 0 amide bonds. The fourth-order valence-electron chi connectivity index (χ4n) is 1.22. The number of hydrogen-bond donors (Lipinski definition) is 3. The van der Waals surface area contributed by atoms with Gasteiger partial charge in [-0.15, -0.1) is 0 Å². The van der Waals surface area contributed by atoms with Crippen molar-refractivity contribution in [2.75, 3.05) is 18.1 Å². The van der Waals surface area contributed by atoms with Crippen LogP contribution in [0.3, 0.4) is 0 Å². The molecule has 2 aromatic rings. The normalized spacial score (nSPS) is 10.1. The van der Waals surface area contributed by atoms with E-state index in [1.54, 1.807) is 12.3 Å². The fraction of sp³-hybridized carbons (Fsp3) is 0.111. The van der Waals surface area contributed by atoms with Crippen molar-refractivity contribution in [1.29, 1.82) is 0 Å². The summed E-state index contributed by atoms with van der Waals surface area (Å²) >= 11 is 0. The van der Waals surface area contributed by atoms with Crippen molar-refractivity contribution in [2.45, 2.75) is 0 Å². The van der Waals surface area contributed by atoms with Crippen molar-refractivity contribution < 1.29 is 0 Å². The van der Waals surface area contributed by atoms with Gasteiger partial charge in [-0.2, -0.15) is 5.10 Å². The molecule has 5 heteroatoms. The van der Waals surface area contributed by atoms with E-state index in [1.165, 1.54) is 0 Å². The molecule has 0 bridgehead atoms. The summed E-state index contributed by atoms with van der Waals surface area (Å²) in [4.78, 5) is 4.11. The molecule has 0 fully saturated rings. The van der Waals surface area contributed by atoms with Crippen LogP contribution < -0.4 is 11.1 Å². The van der Waals surface area contributed by atoms with E-state index < -0.39 is 0 Å². The van der Waals surface area contributed by atoms with Crippen molar-refractivity contribution in [3.05, 3.63) is 24.4 Å². The van der Waals surface area contributed by atoms with Crippen molar-refractivity contribution in [3.8, 4) is 11.3 Å². The zero-order valence-electron chi connectivity index (χ0n) is 7.78. The Bertz CT molecular complexity index is 434. The molecule has 2 heterocycles. The van der Waals surface area contributed by atoms with Gasteiger partial charge in [-0.3, -0.25) is 5.10 Å². The quantitative estimate of drug-likeness (QED) is 0.660. The summed E-state index contributed by atoms with van der Waals surface area (Å²) in [6.07, 6.45) is 1.73. The van der Waals surface area contributed by atoms with Gasteiger partial charge in [-0.1, -0.05) is 0 Å². The molecule has 5 nitrogen and oxygen atoms in total. The fourth-order valence-corrected chi connectivity index (χ4v) is 1.22. The van der Waals surface area contributed by atoms with E-state index in [-0.39, 0.29) is 0 Å². The minimum Gasteiger partial charge on any atom is -0.382 e. The Morgan fingerprint density at radius 3 is 2.93 bits per heavy atom. The second kappa shape index (κ2) is 3.37. The van der Waals surface area contributed by atoms with Gasteiger partial charge in [0.05, 0.1) is 5.69 Å². The molecule has 4 N–H and O–H groups in total. The summed E-state index contributed by atoms with van der Waals surface area (Å²) in [7, 11) is 1.83. The van der Waals surface area contributed by atoms with Gasteiger partial charge in [-0.05, 0) is 12.1 Å². The van der Waals surface area contributed by atoms with Crippen molar-refractivity contribution in [1.82, 2.24) is 15.2 Å². The zero-order chi connectivity index (χ0) is 9.97. The maximum absolute atomic E-state index is 5.51. The Kier molecular flexibility index (Phi) is 2.06. The van der Waals surface area contributed by atoms with E-state index >= 15 is 0 Å². The number of pyridine rings is 1. The SMILES string of the molecule is CNc1cc(-c2cc(N)n[nH]2)ccn1. The van der Waals surface area contributed by atoms with Crippen LogP contribution in [0.2, 0.25) is 0 Å². The van der Waals surface area contributed by atoms with Crippen LogP contribution in [0.1, 0.15) is 0 Å². The van der Waals surface area contributed by atoms with Gasteiger partial charge in [0.2, 0.25) is 0 Å². The van der Waals surface area contributed by atoms with E-state index in [0.717, 1.165) is 17.1 Å². The first-order valence-electron chi connectivity index (χ1n) is 4.24. The summed E-state index contributed by atoms with van der Waals surface area (Å²) in [5.74, 6) is 1.30. The number of rotatable bonds is 2. The molecule has 0 saturated heterocycles. The van der Waals surface area contributed by atoms with Crippen LogP contribution in [0.25, 0.3) is 11.3 Å². The second-order valence-corrected chi connectivity index (χ2v) is 2.89. The van der Waals surface area contributed by atoms with Gasteiger partial charge in [0.1, 0.15) is 11.6 Å². The lowest BCUT2D eigenvalue weighted by Crippen LogP contribution is -1.91. The molecule has 0 aliphatic heterocycles.